The molecule has 0 saturated carbocycles. The van der Waals surface area contributed by atoms with Gasteiger partial charge in [-0.05, 0) is 49.2 Å². The summed E-state index contributed by atoms with van der Waals surface area (Å²) in [4.78, 5) is 20.9. The lowest BCUT2D eigenvalue weighted by molar-refractivity contribution is 0.0915. The van der Waals surface area contributed by atoms with E-state index in [0.29, 0.717) is 24.5 Å². The van der Waals surface area contributed by atoms with Gasteiger partial charge in [0, 0.05) is 36.6 Å². The highest BCUT2D eigenvalue weighted by atomic mass is 16.5. The van der Waals surface area contributed by atoms with Crippen LogP contribution in [0.15, 0.2) is 61.1 Å². The molecule has 1 aliphatic rings. The molecule has 6 heteroatoms. The molecule has 3 aromatic rings. The maximum Gasteiger partial charge on any atom is 0.253 e. The molecule has 0 unspecified atom stereocenters. The van der Waals surface area contributed by atoms with Crippen LogP contribution in [0.4, 0.5) is 0 Å². The van der Waals surface area contributed by atoms with Crippen molar-refractivity contribution in [3.05, 3.63) is 72.2 Å². The minimum absolute atomic E-state index is 0.0382. The molecule has 1 N–H and O–H groups in total. The molecule has 1 aliphatic heterocycles. The van der Waals surface area contributed by atoms with E-state index in [1.165, 1.54) is 6.20 Å². The van der Waals surface area contributed by atoms with Gasteiger partial charge in [0.25, 0.3) is 5.91 Å². The molecule has 4 rings (SSSR count). The lowest BCUT2D eigenvalue weighted by Gasteiger charge is -2.28. The average Bonchev–Trinajstić information content (AvgIpc) is 2.74. The molecule has 148 valence electrons. The van der Waals surface area contributed by atoms with E-state index in [9.17, 15) is 4.79 Å². The number of amides is 1. The third kappa shape index (κ3) is 4.37. The summed E-state index contributed by atoms with van der Waals surface area (Å²) in [5, 5.41) is 3.06. The normalized spacial score (nSPS) is 15.3. The van der Waals surface area contributed by atoms with Crippen LogP contribution in [0.1, 0.15) is 29.8 Å². The zero-order valence-corrected chi connectivity index (χ0v) is 16.5. The van der Waals surface area contributed by atoms with Crippen LogP contribution in [0.25, 0.3) is 11.1 Å². The second-order valence-electron chi connectivity index (χ2n) is 7.26. The van der Waals surface area contributed by atoms with Gasteiger partial charge in [-0.2, -0.15) is 0 Å². The third-order valence-electron chi connectivity index (χ3n) is 4.71. The van der Waals surface area contributed by atoms with Crippen LogP contribution in [0.3, 0.4) is 0 Å². The number of pyridine rings is 2. The summed E-state index contributed by atoms with van der Waals surface area (Å²) in [5.74, 6) is 1.20. The minimum atomic E-state index is -0.174. The Labute approximate surface area is 169 Å². The van der Waals surface area contributed by atoms with Crippen LogP contribution in [0.5, 0.6) is 11.6 Å². The van der Waals surface area contributed by atoms with Gasteiger partial charge >= 0.3 is 0 Å². The second-order valence-corrected chi connectivity index (χ2v) is 7.26. The van der Waals surface area contributed by atoms with E-state index in [-0.39, 0.29) is 18.1 Å². The van der Waals surface area contributed by atoms with Gasteiger partial charge in [-0.15, -0.1) is 0 Å². The van der Waals surface area contributed by atoms with E-state index in [1.54, 1.807) is 24.5 Å². The number of carbonyl (C=O) groups excluding carboxylic acids is 1. The van der Waals surface area contributed by atoms with E-state index in [1.807, 2.05) is 38.1 Å². The number of rotatable bonds is 5. The summed E-state index contributed by atoms with van der Waals surface area (Å²) in [7, 11) is 0. The van der Waals surface area contributed by atoms with Gasteiger partial charge in [0.05, 0.1) is 17.7 Å². The van der Waals surface area contributed by atoms with Crippen molar-refractivity contribution in [1.82, 2.24) is 15.3 Å². The Balaban J connectivity index is 1.48. The monoisotopic (exact) mass is 389 g/mol. The fourth-order valence-electron chi connectivity index (χ4n) is 3.40. The highest BCUT2D eigenvalue weighted by Gasteiger charge is 2.24. The molecule has 3 heterocycles. The maximum atomic E-state index is 12.7. The van der Waals surface area contributed by atoms with E-state index in [0.717, 1.165) is 22.4 Å². The number of aromatic nitrogens is 2. The summed E-state index contributed by atoms with van der Waals surface area (Å²) in [6.07, 6.45) is 5.82. The molecule has 2 aromatic heterocycles. The van der Waals surface area contributed by atoms with Gasteiger partial charge in [-0.3, -0.25) is 9.78 Å². The number of hydrogen-bond acceptors (Lipinski definition) is 5. The molecule has 0 fully saturated rings. The molecular formula is C23H23N3O3. The Morgan fingerprint density at radius 1 is 1.17 bits per heavy atom. The molecule has 0 bridgehead atoms. The zero-order chi connectivity index (χ0) is 20.2. The summed E-state index contributed by atoms with van der Waals surface area (Å²) in [6.45, 7) is 4.30. The van der Waals surface area contributed by atoms with Crippen molar-refractivity contribution >= 4 is 5.91 Å². The zero-order valence-electron chi connectivity index (χ0n) is 16.5. The molecule has 1 amide bonds. The first-order chi connectivity index (χ1) is 14.1. The Kier molecular flexibility index (Phi) is 5.42. The molecule has 1 atom stereocenters. The molecular weight excluding hydrogens is 366 g/mol. The van der Waals surface area contributed by atoms with E-state index in [2.05, 4.69) is 21.4 Å². The van der Waals surface area contributed by atoms with Gasteiger partial charge in [0.2, 0.25) is 5.88 Å². The number of ether oxygens (including phenoxy) is 2. The third-order valence-corrected chi connectivity index (χ3v) is 4.71. The molecule has 0 spiro atoms. The fourth-order valence-corrected chi connectivity index (χ4v) is 3.40. The highest BCUT2D eigenvalue weighted by Crippen LogP contribution is 2.34. The lowest BCUT2D eigenvalue weighted by atomic mass is 9.93. The number of fused-ring (bicyclic) bond motifs is 1. The molecule has 0 saturated heterocycles. The summed E-state index contributed by atoms with van der Waals surface area (Å²) >= 11 is 0. The largest absolute Gasteiger partial charge is 0.491 e. The predicted molar refractivity (Wildman–Crippen MR) is 110 cm³/mol. The van der Waals surface area contributed by atoms with Gasteiger partial charge in [0.15, 0.2) is 0 Å². The van der Waals surface area contributed by atoms with Crippen molar-refractivity contribution in [3.63, 3.8) is 0 Å². The van der Waals surface area contributed by atoms with E-state index >= 15 is 0 Å². The van der Waals surface area contributed by atoms with Gasteiger partial charge < -0.3 is 14.8 Å². The maximum absolute atomic E-state index is 12.7. The SMILES string of the molecule is CC(C)Oc1ccc(C(=O)N[C@@H]2COc3cccc(-c4ccncc4)c3C2)cn1. The Morgan fingerprint density at radius 3 is 2.72 bits per heavy atom. The lowest BCUT2D eigenvalue weighted by Crippen LogP contribution is -2.42. The topological polar surface area (TPSA) is 73.3 Å². The van der Waals surface area contributed by atoms with Crippen LogP contribution in [0.2, 0.25) is 0 Å². The Hall–Kier alpha value is -3.41. The summed E-state index contributed by atoms with van der Waals surface area (Å²) < 4.78 is 11.5. The first-order valence-electron chi connectivity index (χ1n) is 9.69. The van der Waals surface area contributed by atoms with Gasteiger partial charge in [-0.25, -0.2) is 4.98 Å². The number of nitrogens with zero attached hydrogens (tertiary/aromatic N) is 2. The number of benzene rings is 1. The van der Waals surface area contributed by atoms with Crippen LogP contribution in [-0.4, -0.2) is 34.6 Å². The van der Waals surface area contributed by atoms with Crippen LogP contribution >= 0.6 is 0 Å². The molecule has 1 aromatic carbocycles. The van der Waals surface area contributed by atoms with Crippen LogP contribution in [-0.2, 0) is 6.42 Å². The minimum Gasteiger partial charge on any atom is -0.491 e. The first kappa shape index (κ1) is 18.9. The van der Waals surface area contributed by atoms with Gasteiger partial charge in [0.1, 0.15) is 12.4 Å². The fraction of sp³-hybridized carbons (Fsp3) is 0.261. The Bertz CT molecular complexity index is 988. The van der Waals surface area contributed by atoms with Crippen molar-refractivity contribution in [2.75, 3.05) is 6.61 Å². The number of carbonyl (C=O) groups is 1. The van der Waals surface area contributed by atoms with Gasteiger partial charge in [-0.1, -0.05) is 12.1 Å². The van der Waals surface area contributed by atoms with Crippen molar-refractivity contribution in [3.8, 4) is 22.8 Å². The molecule has 0 aliphatic carbocycles. The predicted octanol–water partition coefficient (Wildman–Crippen LogP) is 3.66. The van der Waals surface area contributed by atoms with Crippen LogP contribution in [0, 0.1) is 0 Å². The number of hydrogen-bond donors (Lipinski definition) is 1. The highest BCUT2D eigenvalue weighted by molar-refractivity contribution is 5.94. The summed E-state index contributed by atoms with van der Waals surface area (Å²) in [5.41, 5.74) is 3.77. The van der Waals surface area contributed by atoms with Crippen LogP contribution < -0.4 is 14.8 Å². The van der Waals surface area contributed by atoms with Crippen molar-refractivity contribution in [2.45, 2.75) is 32.4 Å². The van der Waals surface area contributed by atoms with Crippen molar-refractivity contribution < 1.29 is 14.3 Å². The van der Waals surface area contributed by atoms with E-state index in [4.69, 9.17) is 9.47 Å². The van der Waals surface area contributed by atoms with E-state index < -0.39 is 0 Å². The first-order valence-corrected chi connectivity index (χ1v) is 9.69. The Morgan fingerprint density at radius 2 is 2.00 bits per heavy atom. The molecule has 29 heavy (non-hydrogen) atoms. The second kappa shape index (κ2) is 8.31. The van der Waals surface area contributed by atoms with Crippen molar-refractivity contribution in [1.29, 1.82) is 0 Å². The molecule has 0 radical (unpaired) electrons. The molecule has 6 nitrogen and oxygen atoms in total. The summed E-state index contributed by atoms with van der Waals surface area (Å²) in [6, 6.07) is 13.3. The smallest absolute Gasteiger partial charge is 0.253 e. The quantitative estimate of drug-likeness (QED) is 0.721. The standard InChI is InChI=1S/C23H23N3O3/c1-15(2)29-22-7-6-17(13-25-22)23(27)26-18-12-20-19(16-8-10-24-11-9-16)4-3-5-21(20)28-14-18/h3-11,13,15,18H,12,14H2,1-2H3,(H,26,27)/t18-/m0/s1. The van der Waals surface area contributed by atoms with Crippen molar-refractivity contribution in [2.24, 2.45) is 0 Å². The average molecular weight is 389 g/mol. The number of nitrogens with one attached hydrogen (secondary N) is 1.